The van der Waals surface area contributed by atoms with E-state index in [4.69, 9.17) is 4.74 Å². The van der Waals surface area contributed by atoms with Gasteiger partial charge in [0.15, 0.2) is 0 Å². The predicted octanol–water partition coefficient (Wildman–Crippen LogP) is 4.25. The Bertz CT molecular complexity index is 703. The van der Waals surface area contributed by atoms with Crippen molar-refractivity contribution in [1.82, 2.24) is 10.2 Å². The van der Waals surface area contributed by atoms with E-state index in [0.29, 0.717) is 11.0 Å². The topological polar surface area (TPSA) is 64.1 Å². The molecule has 1 fully saturated rings. The van der Waals surface area contributed by atoms with E-state index in [-0.39, 0.29) is 5.91 Å². The van der Waals surface area contributed by atoms with Crippen LogP contribution in [0.1, 0.15) is 48.6 Å². The lowest BCUT2D eigenvalue weighted by molar-refractivity contribution is -0.111. The molecule has 126 valence electrons. The Morgan fingerprint density at radius 3 is 2.67 bits per heavy atom. The molecule has 1 aromatic heterocycles. The summed E-state index contributed by atoms with van der Waals surface area (Å²) in [6.07, 6.45) is 9.46. The number of anilines is 1. The second-order valence-electron chi connectivity index (χ2n) is 5.88. The summed E-state index contributed by atoms with van der Waals surface area (Å²) in [5, 5.41) is 12.7. The first-order chi connectivity index (χ1) is 11.7. The Morgan fingerprint density at radius 2 is 1.96 bits per heavy atom. The average molecular weight is 343 g/mol. The molecule has 24 heavy (non-hydrogen) atoms. The minimum absolute atomic E-state index is 0.197. The van der Waals surface area contributed by atoms with Crippen LogP contribution >= 0.6 is 11.3 Å². The third-order valence-electron chi connectivity index (χ3n) is 4.17. The van der Waals surface area contributed by atoms with Crippen molar-refractivity contribution in [2.45, 2.75) is 38.0 Å². The average Bonchev–Trinajstić information content (AvgIpc) is 3.09. The van der Waals surface area contributed by atoms with Crippen LogP contribution in [0.25, 0.3) is 6.08 Å². The number of aromatic nitrogens is 2. The SMILES string of the molecule is COc1ccc(C=CC(=O)Nc2nnc(C3CCCCC3)s2)cc1. The van der Waals surface area contributed by atoms with Crippen LogP contribution in [-0.4, -0.2) is 23.2 Å². The number of hydrogen-bond donors (Lipinski definition) is 1. The van der Waals surface area contributed by atoms with Gasteiger partial charge in [-0.3, -0.25) is 10.1 Å². The van der Waals surface area contributed by atoms with Crippen LogP contribution < -0.4 is 10.1 Å². The van der Waals surface area contributed by atoms with Gasteiger partial charge in [0.1, 0.15) is 10.8 Å². The minimum Gasteiger partial charge on any atom is -0.497 e. The number of ether oxygens (including phenoxy) is 1. The number of benzene rings is 1. The molecule has 1 aliphatic carbocycles. The molecule has 1 N–H and O–H groups in total. The van der Waals surface area contributed by atoms with Crippen molar-refractivity contribution in [1.29, 1.82) is 0 Å². The highest BCUT2D eigenvalue weighted by molar-refractivity contribution is 7.15. The largest absolute Gasteiger partial charge is 0.497 e. The monoisotopic (exact) mass is 343 g/mol. The van der Waals surface area contributed by atoms with E-state index in [0.717, 1.165) is 16.3 Å². The minimum atomic E-state index is -0.197. The van der Waals surface area contributed by atoms with E-state index in [1.165, 1.54) is 49.5 Å². The molecule has 1 aromatic carbocycles. The summed E-state index contributed by atoms with van der Waals surface area (Å²) in [5.74, 6) is 1.11. The van der Waals surface area contributed by atoms with Gasteiger partial charge < -0.3 is 4.74 Å². The molecule has 1 saturated carbocycles. The van der Waals surface area contributed by atoms with E-state index < -0.39 is 0 Å². The number of carbonyl (C=O) groups is 1. The number of hydrogen-bond acceptors (Lipinski definition) is 5. The van der Waals surface area contributed by atoms with Gasteiger partial charge in [-0.1, -0.05) is 42.7 Å². The van der Waals surface area contributed by atoms with Crippen LogP contribution in [0.15, 0.2) is 30.3 Å². The molecule has 0 saturated heterocycles. The lowest BCUT2D eigenvalue weighted by Gasteiger charge is -2.18. The van der Waals surface area contributed by atoms with Crippen molar-refractivity contribution in [2.75, 3.05) is 12.4 Å². The van der Waals surface area contributed by atoms with Gasteiger partial charge in [0.05, 0.1) is 7.11 Å². The number of rotatable bonds is 5. The van der Waals surface area contributed by atoms with Crippen molar-refractivity contribution < 1.29 is 9.53 Å². The van der Waals surface area contributed by atoms with E-state index >= 15 is 0 Å². The van der Waals surface area contributed by atoms with Crippen molar-refractivity contribution >= 4 is 28.5 Å². The maximum Gasteiger partial charge on any atom is 0.250 e. The lowest BCUT2D eigenvalue weighted by atomic mass is 9.90. The first-order valence-corrected chi connectivity index (χ1v) is 9.03. The number of carbonyl (C=O) groups excluding carboxylic acids is 1. The Balaban J connectivity index is 1.56. The first-order valence-electron chi connectivity index (χ1n) is 8.21. The fourth-order valence-electron chi connectivity index (χ4n) is 2.83. The highest BCUT2D eigenvalue weighted by Gasteiger charge is 2.19. The maximum atomic E-state index is 12.0. The zero-order chi connectivity index (χ0) is 16.8. The molecule has 3 rings (SSSR count). The molecule has 5 nitrogen and oxygen atoms in total. The van der Waals surface area contributed by atoms with Gasteiger partial charge in [-0.15, -0.1) is 10.2 Å². The number of nitrogens with zero attached hydrogens (tertiary/aromatic N) is 2. The Morgan fingerprint density at radius 1 is 1.21 bits per heavy atom. The number of amides is 1. The number of methoxy groups -OCH3 is 1. The fraction of sp³-hybridized carbons (Fsp3) is 0.389. The summed E-state index contributed by atoms with van der Waals surface area (Å²) in [6.45, 7) is 0. The molecule has 1 amide bonds. The highest BCUT2D eigenvalue weighted by atomic mass is 32.1. The van der Waals surface area contributed by atoms with Crippen molar-refractivity contribution in [3.63, 3.8) is 0 Å². The zero-order valence-electron chi connectivity index (χ0n) is 13.7. The molecule has 0 atom stereocenters. The van der Waals surface area contributed by atoms with Crippen molar-refractivity contribution in [3.8, 4) is 5.75 Å². The summed E-state index contributed by atoms with van der Waals surface area (Å²) in [5.41, 5.74) is 0.936. The van der Waals surface area contributed by atoms with E-state index in [1.807, 2.05) is 24.3 Å². The summed E-state index contributed by atoms with van der Waals surface area (Å²) in [4.78, 5) is 12.0. The zero-order valence-corrected chi connectivity index (χ0v) is 14.5. The molecule has 1 heterocycles. The normalized spacial score (nSPS) is 15.5. The van der Waals surface area contributed by atoms with E-state index in [9.17, 15) is 4.79 Å². The van der Waals surface area contributed by atoms with Gasteiger partial charge in [0.25, 0.3) is 0 Å². The summed E-state index contributed by atoms with van der Waals surface area (Å²) in [6, 6.07) is 7.51. The third kappa shape index (κ3) is 4.41. The Hall–Kier alpha value is -2.21. The number of nitrogens with one attached hydrogen (secondary N) is 1. The van der Waals surface area contributed by atoms with Crippen LogP contribution in [0, 0.1) is 0 Å². The third-order valence-corrected chi connectivity index (χ3v) is 5.17. The fourth-order valence-corrected chi connectivity index (χ4v) is 3.75. The standard InChI is InChI=1S/C18H21N3O2S/c1-23-15-10-7-13(8-11-15)9-12-16(22)19-18-21-20-17(24-18)14-5-3-2-4-6-14/h7-12,14H,2-6H2,1H3,(H,19,21,22). The van der Waals surface area contributed by atoms with Crippen LogP contribution in [0.5, 0.6) is 5.75 Å². The molecule has 6 heteroatoms. The molecule has 0 unspecified atom stereocenters. The van der Waals surface area contributed by atoms with Crippen molar-refractivity contribution in [2.24, 2.45) is 0 Å². The molecule has 0 radical (unpaired) electrons. The van der Waals surface area contributed by atoms with Crippen LogP contribution in [-0.2, 0) is 4.79 Å². The van der Waals surface area contributed by atoms with Crippen LogP contribution in [0.3, 0.4) is 0 Å². The second-order valence-corrected chi connectivity index (χ2v) is 6.89. The second kappa shape index (κ2) is 8.06. The quantitative estimate of drug-likeness (QED) is 0.825. The molecular formula is C18H21N3O2S. The van der Waals surface area contributed by atoms with Gasteiger partial charge >= 0.3 is 0 Å². The molecule has 0 aliphatic heterocycles. The first kappa shape index (κ1) is 16.6. The molecule has 0 bridgehead atoms. The van der Waals surface area contributed by atoms with Gasteiger partial charge in [-0.05, 0) is 36.6 Å². The summed E-state index contributed by atoms with van der Waals surface area (Å²) < 4.78 is 5.11. The Labute approximate surface area is 145 Å². The summed E-state index contributed by atoms with van der Waals surface area (Å²) >= 11 is 1.49. The van der Waals surface area contributed by atoms with Gasteiger partial charge in [0, 0.05) is 12.0 Å². The molecule has 0 spiro atoms. The van der Waals surface area contributed by atoms with Gasteiger partial charge in [0.2, 0.25) is 11.0 Å². The molecule has 1 aliphatic rings. The van der Waals surface area contributed by atoms with Gasteiger partial charge in [-0.2, -0.15) is 0 Å². The predicted molar refractivity (Wildman–Crippen MR) is 96.4 cm³/mol. The Kier molecular flexibility index (Phi) is 5.59. The van der Waals surface area contributed by atoms with E-state index in [1.54, 1.807) is 13.2 Å². The van der Waals surface area contributed by atoms with E-state index in [2.05, 4.69) is 15.5 Å². The molecule has 2 aromatic rings. The summed E-state index contributed by atoms with van der Waals surface area (Å²) in [7, 11) is 1.63. The smallest absolute Gasteiger partial charge is 0.250 e. The van der Waals surface area contributed by atoms with Gasteiger partial charge in [-0.25, -0.2) is 0 Å². The van der Waals surface area contributed by atoms with Crippen molar-refractivity contribution in [3.05, 3.63) is 40.9 Å². The lowest BCUT2D eigenvalue weighted by Crippen LogP contribution is -2.07. The molecular weight excluding hydrogens is 322 g/mol. The highest BCUT2D eigenvalue weighted by Crippen LogP contribution is 2.35. The maximum absolute atomic E-state index is 12.0. The van der Waals surface area contributed by atoms with Crippen LogP contribution in [0.4, 0.5) is 5.13 Å². The van der Waals surface area contributed by atoms with Crippen LogP contribution in [0.2, 0.25) is 0 Å².